The number of hydrogen-bond donors (Lipinski definition) is 2. The van der Waals surface area contributed by atoms with Gasteiger partial charge in [-0.05, 0) is 18.2 Å². The third kappa shape index (κ3) is 2.24. The van der Waals surface area contributed by atoms with Crippen molar-refractivity contribution >= 4 is 10.9 Å². The molecule has 3 nitrogen and oxygen atoms in total. The Morgan fingerprint density at radius 1 is 1.35 bits per heavy atom. The lowest BCUT2D eigenvalue weighted by molar-refractivity contribution is -0.0303. The monoisotopic (exact) mass is 241 g/mol. The van der Waals surface area contributed by atoms with Gasteiger partial charge in [0.1, 0.15) is 5.75 Å². The number of benzene rings is 1. The van der Waals surface area contributed by atoms with Crippen LogP contribution >= 0.6 is 0 Å². The van der Waals surface area contributed by atoms with Crippen molar-refractivity contribution in [2.24, 2.45) is 0 Å². The Morgan fingerprint density at radius 2 is 2.12 bits per heavy atom. The van der Waals surface area contributed by atoms with Crippen LogP contribution in [-0.4, -0.2) is 23.8 Å². The predicted molar refractivity (Wildman–Crippen MR) is 60.4 cm³/mol. The van der Waals surface area contributed by atoms with E-state index in [0.717, 1.165) is 0 Å². The van der Waals surface area contributed by atoms with Gasteiger partial charge in [0.2, 0.25) is 0 Å². The van der Waals surface area contributed by atoms with E-state index >= 15 is 0 Å². The molecule has 0 amide bonds. The Kier molecular flexibility index (Phi) is 3.02. The lowest BCUT2D eigenvalue weighted by Crippen LogP contribution is -2.15. The summed E-state index contributed by atoms with van der Waals surface area (Å²) in [6.45, 7) is -0.550. The number of rotatable bonds is 4. The third-order valence-corrected chi connectivity index (χ3v) is 2.65. The standard InChI is InChI=1S/C12H13F2NO2/c1-17-9-3-2-8-6-11(15-10(8)7-9)12(13,14)4-5-16/h2-3,6-7,15-16H,4-5H2,1H3. The second kappa shape index (κ2) is 4.33. The first-order valence-corrected chi connectivity index (χ1v) is 5.23. The summed E-state index contributed by atoms with van der Waals surface area (Å²) in [6.07, 6.45) is -0.586. The number of H-pyrrole nitrogens is 1. The molecule has 2 aromatic rings. The average Bonchev–Trinajstić information content (AvgIpc) is 2.72. The normalized spacial score (nSPS) is 12.0. The first-order chi connectivity index (χ1) is 8.06. The molecule has 1 aromatic heterocycles. The van der Waals surface area contributed by atoms with E-state index in [1.807, 2.05) is 0 Å². The van der Waals surface area contributed by atoms with Gasteiger partial charge in [-0.25, -0.2) is 0 Å². The van der Waals surface area contributed by atoms with Gasteiger partial charge >= 0.3 is 0 Å². The smallest absolute Gasteiger partial charge is 0.289 e. The first-order valence-electron chi connectivity index (χ1n) is 5.23. The molecule has 0 bridgehead atoms. The summed E-state index contributed by atoms with van der Waals surface area (Å²) in [4.78, 5) is 2.65. The van der Waals surface area contributed by atoms with E-state index in [-0.39, 0.29) is 5.69 Å². The Hall–Kier alpha value is -1.62. The van der Waals surface area contributed by atoms with Crippen LogP contribution < -0.4 is 4.74 Å². The fraction of sp³-hybridized carbons (Fsp3) is 0.333. The van der Waals surface area contributed by atoms with Crippen molar-refractivity contribution in [3.8, 4) is 5.75 Å². The highest BCUT2D eigenvalue weighted by Crippen LogP contribution is 2.33. The summed E-state index contributed by atoms with van der Waals surface area (Å²) >= 11 is 0. The highest BCUT2D eigenvalue weighted by atomic mass is 19.3. The zero-order valence-electron chi connectivity index (χ0n) is 9.34. The van der Waals surface area contributed by atoms with Crippen molar-refractivity contribution in [3.05, 3.63) is 30.0 Å². The van der Waals surface area contributed by atoms with E-state index in [4.69, 9.17) is 9.84 Å². The van der Waals surface area contributed by atoms with Gasteiger partial charge in [-0.3, -0.25) is 0 Å². The Morgan fingerprint density at radius 3 is 2.76 bits per heavy atom. The van der Waals surface area contributed by atoms with Crippen molar-refractivity contribution in [2.45, 2.75) is 12.3 Å². The molecule has 0 unspecified atom stereocenters. The molecule has 0 aliphatic carbocycles. The Bertz CT molecular complexity index is 522. The van der Waals surface area contributed by atoms with Crippen molar-refractivity contribution in [2.75, 3.05) is 13.7 Å². The summed E-state index contributed by atoms with van der Waals surface area (Å²) in [5, 5.41) is 9.30. The number of aliphatic hydroxyl groups is 1. The number of ether oxygens (including phenoxy) is 1. The van der Waals surface area contributed by atoms with Gasteiger partial charge in [0.25, 0.3) is 5.92 Å². The molecule has 0 saturated heterocycles. The van der Waals surface area contributed by atoms with E-state index in [1.165, 1.54) is 13.2 Å². The largest absolute Gasteiger partial charge is 0.497 e. The molecule has 2 rings (SSSR count). The molecule has 0 atom stereocenters. The van der Waals surface area contributed by atoms with E-state index in [9.17, 15) is 8.78 Å². The van der Waals surface area contributed by atoms with Crippen LogP contribution in [0.3, 0.4) is 0 Å². The Balaban J connectivity index is 2.44. The van der Waals surface area contributed by atoms with Crippen LogP contribution in [0.25, 0.3) is 10.9 Å². The molecule has 5 heteroatoms. The zero-order valence-corrected chi connectivity index (χ0v) is 9.34. The van der Waals surface area contributed by atoms with Crippen LogP contribution in [0.1, 0.15) is 12.1 Å². The molecule has 92 valence electrons. The molecule has 0 aliphatic rings. The minimum Gasteiger partial charge on any atom is -0.497 e. The van der Waals surface area contributed by atoms with Gasteiger partial charge in [-0.15, -0.1) is 0 Å². The first kappa shape index (κ1) is 11.9. The second-order valence-electron chi connectivity index (χ2n) is 3.81. The predicted octanol–water partition coefficient (Wildman–Crippen LogP) is 2.65. The number of methoxy groups -OCH3 is 1. The molecule has 0 radical (unpaired) electrons. The maximum Gasteiger partial charge on any atom is 0.289 e. The highest BCUT2D eigenvalue weighted by molar-refractivity contribution is 5.82. The molecule has 2 N–H and O–H groups in total. The van der Waals surface area contributed by atoms with Gasteiger partial charge in [0.05, 0.1) is 12.8 Å². The third-order valence-electron chi connectivity index (χ3n) is 2.65. The molecule has 17 heavy (non-hydrogen) atoms. The van der Waals surface area contributed by atoms with Gasteiger partial charge in [0, 0.05) is 30.0 Å². The second-order valence-corrected chi connectivity index (χ2v) is 3.81. The van der Waals surface area contributed by atoms with Crippen LogP contribution in [-0.2, 0) is 5.92 Å². The van der Waals surface area contributed by atoms with E-state index < -0.39 is 19.0 Å². The Labute approximate surface area is 97.0 Å². The molecule has 0 spiro atoms. The highest BCUT2D eigenvalue weighted by Gasteiger charge is 2.32. The van der Waals surface area contributed by atoms with Gasteiger partial charge in [0.15, 0.2) is 0 Å². The number of halogens is 2. The average molecular weight is 241 g/mol. The number of alkyl halides is 2. The van der Waals surface area contributed by atoms with E-state index in [2.05, 4.69) is 4.98 Å². The summed E-state index contributed by atoms with van der Waals surface area (Å²) in [6, 6.07) is 6.48. The van der Waals surface area contributed by atoms with Crippen LogP contribution in [0.2, 0.25) is 0 Å². The number of fused-ring (bicyclic) bond motifs is 1. The molecule has 1 aromatic carbocycles. The molecule has 0 fully saturated rings. The van der Waals surface area contributed by atoms with Crippen molar-refractivity contribution in [1.29, 1.82) is 0 Å². The zero-order chi connectivity index (χ0) is 12.5. The minimum absolute atomic E-state index is 0.185. The van der Waals surface area contributed by atoms with Crippen molar-refractivity contribution in [1.82, 2.24) is 4.98 Å². The van der Waals surface area contributed by atoms with Crippen LogP contribution in [0.4, 0.5) is 8.78 Å². The number of aromatic nitrogens is 1. The van der Waals surface area contributed by atoms with Crippen LogP contribution in [0.5, 0.6) is 5.75 Å². The molecule has 0 saturated carbocycles. The maximum atomic E-state index is 13.6. The van der Waals surface area contributed by atoms with Crippen molar-refractivity contribution < 1.29 is 18.6 Å². The SMILES string of the molecule is COc1ccc2cc(C(F)(F)CCO)[nH]c2c1. The van der Waals surface area contributed by atoms with Crippen LogP contribution in [0.15, 0.2) is 24.3 Å². The quantitative estimate of drug-likeness (QED) is 0.864. The van der Waals surface area contributed by atoms with Gasteiger partial charge in [-0.2, -0.15) is 8.78 Å². The molecular formula is C12H13F2NO2. The molecular weight excluding hydrogens is 228 g/mol. The summed E-state index contributed by atoms with van der Waals surface area (Å²) in [5.41, 5.74) is 0.409. The number of nitrogens with one attached hydrogen (secondary N) is 1. The fourth-order valence-electron chi connectivity index (χ4n) is 1.71. The maximum absolute atomic E-state index is 13.6. The lowest BCUT2D eigenvalue weighted by atomic mass is 10.1. The molecule has 0 aliphatic heterocycles. The number of hydrogen-bond acceptors (Lipinski definition) is 2. The van der Waals surface area contributed by atoms with Gasteiger partial charge in [-0.1, -0.05) is 0 Å². The molecule has 1 heterocycles. The fourth-order valence-corrected chi connectivity index (χ4v) is 1.71. The van der Waals surface area contributed by atoms with Crippen molar-refractivity contribution in [3.63, 3.8) is 0 Å². The minimum atomic E-state index is -3.04. The summed E-state index contributed by atoms with van der Waals surface area (Å²) in [7, 11) is 1.52. The summed E-state index contributed by atoms with van der Waals surface area (Å²) < 4.78 is 32.1. The van der Waals surface area contributed by atoms with E-state index in [1.54, 1.807) is 18.2 Å². The summed E-state index contributed by atoms with van der Waals surface area (Å²) in [5.74, 6) is -2.43. The van der Waals surface area contributed by atoms with E-state index in [0.29, 0.717) is 16.7 Å². The van der Waals surface area contributed by atoms with Crippen LogP contribution in [0, 0.1) is 0 Å². The number of aromatic amines is 1. The lowest BCUT2D eigenvalue weighted by Gasteiger charge is -2.12. The topological polar surface area (TPSA) is 45.2 Å². The number of aliphatic hydroxyl groups excluding tert-OH is 1. The van der Waals surface area contributed by atoms with Gasteiger partial charge < -0.3 is 14.8 Å².